The molecule has 140 valence electrons. The minimum absolute atomic E-state index is 0.635. The van der Waals surface area contributed by atoms with Crippen molar-refractivity contribution < 1.29 is 18.6 Å². The highest BCUT2D eigenvalue weighted by Gasteiger charge is 2.20. The number of hydrogen-bond acceptors (Lipinski definition) is 7. The molecule has 3 rings (SSSR count). The molecule has 2 heterocycles. The monoisotopic (exact) mass is 376 g/mol. The molecule has 0 fully saturated rings. The van der Waals surface area contributed by atoms with Gasteiger partial charge >= 0.3 is 0 Å². The van der Waals surface area contributed by atoms with Crippen molar-refractivity contribution in [2.75, 3.05) is 33.6 Å². The highest BCUT2D eigenvalue weighted by molar-refractivity contribution is 8.13. The third kappa shape index (κ3) is 4.27. The van der Waals surface area contributed by atoms with Gasteiger partial charge in [0, 0.05) is 30.5 Å². The highest BCUT2D eigenvalue weighted by Crippen LogP contribution is 2.36. The first-order valence-electron chi connectivity index (χ1n) is 8.48. The van der Waals surface area contributed by atoms with Crippen molar-refractivity contribution in [3.63, 3.8) is 0 Å². The van der Waals surface area contributed by atoms with E-state index in [9.17, 15) is 0 Å². The van der Waals surface area contributed by atoms with Gasteiger partial charge in [0.25, 0.3) is 0 Å². The Kier molecular flexibility index (Phi) is 6.33. The molecule has 0 amide bonds. The van der Waals surface area contributed by atoms with E-state index in [2.05, 4.69) is 4.90 Å². The maximum absolute atomic E-state index is 5.58. The van der Waals surface area contributed by atoms with Crippen LogP contribution in [-0.2, 0) is 13.1 Å². The van der Waals surface area contributed by atoms with E-state index in [0.717, 1.165) is 41.0 Å². The largest absolute Gasteiger partial charge is 0.496 e. The molecule has 0 radical (unpaired) electrons. The third-order valence-corrected chi connectivity index (χ3v) is 5.26. The van der Waals surface area contributed by atoms with Crippen LogP contribution in [0.3, 0.4) is 0 Å². The second-order valence-corrected chi connectivity index (χ2v) is 6.88. The van der Waals surface area contributed by atoms with E-state index in [1.165, 1.54) is 0 Å². The number of aliphatic imine (C=N–C) groups is 1. The average molecular weight is 376 g/mol. The maximum Gasteiger partial charge on any atom is 0.164 e. The number of ether oxygens (including phenoxy) is 3. The normalized spacial score (nSPS) is 13.9. The molecule has 6 nitrogen and oxygen atoms in total. The maximum atomic E-state index is 5.58. The third-order valence-electron chi connectivity index (χ3n) is 4.13. The second-order valence-electron chi connectivity index (χ2n) is 5.82. The zero-order valence-corrected chi connectivity index (χ0v) is 16.2. The molecule has 1 aromatic carbocycles. The number of furan rings is 1. The quantitative estimate of drug-likeness (QED) is 0.733. The number of rotatable bonds is 7. The highest BCUT2D eigenvalue weighted by atomic mass is 32.2. The molecular formula is C19H24N2O4S. The molecule has 7 heteroatoms. The van der Waals surface area contributed by atoms with Gasteiger partial charge in [-0.25, -0.2) is 0 Å². The van der Waals surface area contributed by atoms with Gasteiger partial charge in [0.05, 0.1) is 34.1 Å². The van der Waals surface area contributed by atoms with Crippen LogP contribution in [0.5, 0.6) is 17.2 Å². The van der Waals surface area contributed by atoms with Crippen LogP contribution in [0.2, 0.25) is 0 Å². The fraction of sp³-hybridized carbons (Fsp3) is 0.421. The molecule has 0 N–H and O–H groups in total. The topological polar surface area (TPSA) is 56.4 Å². The fourth-order valence-corrected chi connectivity index (χ4v) is 3.79. The van der Waals surface area contributed by atoms with Gasteiger partial charge in [0.2, 0.25) is 0 Å². The van der Waals surface area contributed by atoms with Crippen molar-refractivity contribution in [3.8, 4) is 17.2 Å². The summed E-state index contributed by atoms with van der Waals surface area (Å²) in [6, 6.07) is 7.70. The van der Waals surface area contributed by atoms with Gasteiger partial charge in [-0.05, 0) is 24.6 Å². The SMILES string of the molecule is COc1cc(OC)c(OC)cc1CN(Cc1ccco1)C1=NCCCS1. The molecule has 0 bridgehead atoms. The Morgan fingerprint density at radius 3 is 2.46 bits per heavy atom. The van der Waals surface area contributed by atoms with Gasteiger partial charge < -0.3 is 23.5 Å². The summed E-state index contributed by atoms with van der Waals surface area (Å²) in [6.45, 7) is 2.15. The van der Waals surface area contributed by atoms with Crippen molar-refractivity contribution in [2.45, 2.75) is 19.5 Å². The van der Waals surface area contributed by atoms with E-state index in [1.807, 2.05) is 24.3 Å². The lowest BCUT2D eigenvalue weighted by Gasteiger charge is -2.27. The van der Waals surface area contributed by atoms with Crippen molar-refractivity contribution in [1.29, 1.82) is 0 Å². The van der Waals surface area contributed by atoms with E-state index in [0.29, 0.717) is 24.6 Å². The first-order valence-corrected chi connectivity index (χ1v) is 9.47. The van der Waals surface area contributed by atoms with Crippen LogP contribution in [0, 0.1) is 0 Å². The molecule has 1 aliphatic rings. The first-order chi connectivity index (χ1) is 12.7. The lowest BCUT2D eigenvalue weighted by molar-refractivity contribution is 0.334. The van der Waals surface area contributed by atoms with Crippen molar-refractivity contribution in [1.82, 2.24) is 4.90 Å². The van der Waals surface area contributed by atoms with Crippen LogP contribution in [0.15, 0.2) is 39.9 Å². The Labute approximate surface area is 158 Å². The molecule has 26 heavy (non-hydrogen) atoms. The molecule has 2 aromatic rings. The molecule has 0 saturated carbocycles. The second kappa shape index (κ2) is 8.89. The van der Waals surface area contributed by atoms with Gasteiger partial charge in [0.15, 0.2) is 16.7 Å². The molecule has 0 saturated heterocycles. The van der Waals surface area contributed by atoms with Crippen LogP contribution in [-0.4, -0.2) is 43.7 Å². The summed E-state index contributed by atoms with van der Waals surface area (Å²) in [5, 5.41) is 1.03. The van der Waals surface area contributed by atoms with Crippen molar-refractivity contribution >= 4 is 16.9 Å². The summed E-state index contributed by atoms with van der Waals surface area (Å²) in [5.41, 5.74) is 1.01. The molecule has 1 aromatic heterocycles. The number of methoxy groups -OCH3 is 3. The lowest BCUT2D eigenvalue weighted by atomic mass is 10.1. The van der Waals surface area contributed by atoms with E-state index in [-0.39, 0.29) is 0 Å². The molecule has 0 atom stereocenters. The Balaban J connectivity index is 1.91. The molecule has 1 aliphatic heterocycles. The van der Waals surface area contributed by atoms with Gasteiger partial charge in [-0.15, -0.1) is 0 Å². The van der Waals surface area contributed by atoms with Gasteiger partial charge in [0.1, 0.15) is 11.5 Å². The van der Waals surface area contributed by atoms with Crippen LogP contribution >= 0.6 is 11.8 Å². The zero-order chi connectivity index (χ0) is 18.4. The van der Waals surface area contributed by atoms with Gasteiger partial charge in [-0.2, -0.15) is 0 Å². The summed E-state index contributed by atoms with van der Waals surface area (Å²) >= 11 is 1.78. The van der Waals surface area contributed by atoms with Gasteiger partial charge in [-0.3, -0.25) is 4.99 Å². The van der Waals surface area contributed by atoms with E-state index >= 15 is 0 Å². The smallest absolute Gasteiger partial charge is 0.164 e. The lowest BCUT2D eigenvalue weighted by Crippen LogP contribution is -2.30. The van der Waals surface area contributed by atoms with Crippen molar-refractivity contribution in [3.05, 3.63) is 41.9 Å². The Morgan fingerprint density at radius 1 is 1.08 bits per heavy atom. The van der Waals surface area contributed by atoms with Crippen LogP contribution in [0.1, 0.15) is 17.7 Å². The average Bonchev–Trinajstić information content (AvgIpc) is 3.20. The van der Waals surface area contributed by atoms with E-state index in [4.69, 9.17) is 23.6 Å². The van der Waals surface area contributed by atoms with Crippen LogP contribution < -0.4 is 14.2 Å². The Bertz CT molecular complexity index is 746. The number of amidine groups is 1. The predicted octanol–water partition coefficient (Wildman–Crippen LogP) is 3.80. The summed E-state index contributed by atoms with van der Waals surface area (Å²) in [4.78, 5) is 6.92. The molecular weight excluding hydrogens is 352 g/mol. The summed E-state index contributed by atoms with van der Waals surface area (Å²) in [7, 11) is 4.91. The van der Waals surface area contributed by atoms with Gasteiger partial charge in [-0.1, -0.05) is 11.8 Å². The van der Waals surface area contributed by atoms with E-state index in [1.54, 1.807) is 39.4 Å². The minimum atomic E-state index is 0.635. The predicted molar refractivity (Wildman–Crippen MR) is 103 cm³/mol. The minimum Gasteiger partial charge on any atom is -0.496 e. The van der Waals surface area contributed by atoms with E-state index < -0.39 is 0 Å². The van der Waals surface area contributed by atoms with Crippen LogP contribution in [0.25, 0.3) is 0 Å². The molecule has 0 unspecified atom stereocenters. The number of nitrogens with zero attached hydrogens (tertiary/aromatic N) is 2. The Hall–Kier alpha value is -2.28. The number of hydrogen-bond donors (Lipinski definition) is 0. The first kappa shape index (κ1) is 18.5. The fourth-order valence-electron chi connectivity index (χ4n) is 2.84. The standard InChI is InChI=1S/C19H24N2O4S/c1-22-16-11-18(24-3)17(23-2)10-14(16)12-21(13-15-6-4-8-25-15)19-20-7-5-9-26-19/h4,6,8,10-11H,5,7,9,12-13H2,1-3H3. The number of thioether (sulfide) groups is 1. The van der Waals surface area contributed by atoms with Crippen LogP contribution in [0.4, 0.5) is 0 Å². The number of benzene rings is 1. The summed E-state index contributed by atoms with van der Waals surface area (Å²) < 4.78 is 22.0. The summed E-state index contributed by atoms with van der Waals surface area (Å²) in [5.74, 6) is 4.07. The zero-order valence-electron chi connectivity index (χ0n) is 15.4. The molecule has 0 spiro atoms. The molecule has 0 aliphatic carbocycles. The van der Waals surface area contributed by atoms with Crippen molar-refractivity contribution in [2.24, 2.45) is 4.99 Å². The Morgan fingerprint density at radius 2 is 1.85 bits per heavy atom. The summed E-state index contributed by atoms with van der Waals surface area (Å²) in [6.07, 6.45) is 2.81.